The summed E-state index contributed by atoms with van der Waals surface area (Å²) in [6.45, 7) is 3.23. The highest BCUT2D eigenvalue weighted by Crippen LogP contribution is 2.38. The molecule has 0 fully saturated rings. The highest BCUT2D eigenvalue weighted by molar-refractivity contribution is 7.08. The van der Waals surface area contributed by atoms with E-state index in [1.807, 2.05) is 0 Å². The zero-order valence-corrected chi connectivity index (χ0v) is 10.9. The SMILES string of the molecule is CCNC1CCc2c(-c3ccsc3)cccc21. The van der Waals surface area contributed by atoms with Gasteiger partial charge in [0.2, 0.25) is 0 Å². The highest BCUT2D eigenvalue weighted by atomic mass is 32.1. The van der Waals surface area contributed by atoms with E-state index in [2.05, 4.69) is 47.3 Å². The second-order valence-corrected chi connectivity index (χ2v) is 5.31. The molecule has 1 aliphatic rings. The number of nitrogens with one attached hydrogen (secondary N) is 1. The van der Waals surface area contributed by atoms with Crippen LogP contribution in [-0.4, -0.2) is 6.54 Å². The van der Waals surface area contributed by atoms with Crippen molar-refractivity contribution >= 4 is 11.3 Å². The molecule has 0 aliphatic heterocycles. The topological polar surface area (TPSA) is 12.0 Å². The van der Waals surface area contributed by atoms with E-state index >= 15 is 0 Å². The molecule has 1 heterocycles. The predicted octanol–water partition coefficient (Wildman–Crippen LogP) is 4.01. The van der Waals surface area contributed by atoms with Gasteiger partial charge in [0, 0.05) is 6.04 Å². The van der Waals surface area contributed by atoms with E-state index in [1.165, 1.54) is 29.5 Å². The Morgan fingerprint density at radius 2 is 2.29 bits per heavy atom. The minimum absolute atomic E-state index is 0.564. The van der Waals surface area contributed by atoms with Gasteiger partial charge < -0.3 is 5.32 Å². The van der Waals surface area contributed by atoms with Crippen molar-refractivity contribution in [3.05, 3.63) is 46.2 Å². The van der Waals surface area contributed by atoms with Gasteiger partial charge in [-0.05, 0) is 58.5 Å². The molecule has 0 bridgehead atoms. The van der Waals surface area contributed by atoms with Gasteiger partial charge in [-0.2, -0.15) is 11.3 Å². The van der Waals surface area contributed by atoms with Gasteiger partial charge in [-0.25, -0.2) is 0 Å². The van der Waals surface area contributed by atoms with Crippen molar-refractivity contribution in [2.45, 2.75) is 25.8 Å². The Kier molecular flexibility index (Phi) is 3.00. The molecule has 0 saturated carbocycles. The molecule has 1 unspecified atom stereocenters. The Labute approximate surface area is 106 Å². The van der Waals surface area contributed by atoms with E-state index < -0.39 is 0 Å². The third kappa shape index (κ3) is 1.92. The van der Waals surface area contributed by atoms with E-state index in [4.69, 9.17) is 0 Å². The van der Waals surface area contributed by atoms with E-state index in [1.54, 1.807) is 16.9 Å². The van der Waals surface area contributed by atoms with Crippen LogP contribution in [0.2, 0.25) is 0 Å². The van der Waals surface area contributed by atoms with Gasteiger partial charge >= 0.3 is 0 Å². The van der Waals surface area contributed by atoms with Crippen LogP contribution < -0.4 is 5.32 Å². The van der Waals surface area contributed by atoms with Crippen LogP contribution in [0.25, 0.3) is 11.1 Å². The molecule has 1 aromatic carbocycles. The smallest absolute Gasteiger partial charge is 0.0326 e. The Bertz CT molecular complexity index is 502. The summed E-state index contributed by atoms with van der Waals surface area (Å²) in [5.41, 5.74) is 5.88. The van der Waals surface area contributed by atoms with Crippen LogP contribution >= 0.6 is 11.3 Å². The van der Waals surface area contributed by atoms with Gasteiger partial charge in [-0.1, -0.05) is 25.1 Å². The summed E-state index contributed by atoms with van der Waals surface area (Å²) >= 11 is 1.78. The number of rotatable bonds is 3. The van der Waals surface area contributed by atoms with Crippen LogP contribution in [0.4, 0.5) is 0 Å². The van der Waals surface area contributed by atoms with Gasteiger partial charge in [-0.3, -0.25) is 0 Å². The summed E-state index contributed by atoms with van der Waals surface area (Å²) in [4.78, 5) is 0. The largest absolute Gasteiger partial charge is 0.310 e. The molecular formula is C15H17NS. The normalized spacial score (nSPS) is 18.3. The molecule has 2 heteroatoms. The molecule has 1 atom stereocenters. The number of fused-ring (bicyclic) bond motifs is 1. The first-order valence-corrected chi connectivity index (χ1v) is 7.22. The molecule has 1 nitrogen and oxygen atoms in total. The lowest BCUT2D eigenvalue weighted by molar-refractivity contribution is 0.549. The first-order valence-electron chi connectivity index (χ1n) is 6.28. The van der Waals surface area contributed by atoms with E-state index in [0.717, 1.165) is 6.54 Å². The number of benzene rings is 1. The summed E-state index contributed by atoms with van der Waals surface area (Å²) in [6.07, 6.45) is 2.45. The Morgan fingerprint density at radius 1 is 1.35 bits per heavy atom. The second kappa shape index (κ2) is 4.63. The fourth-order valence-electron chi connectivity index (χ4n) is 2.80. The van der Waals surface area contributed by atoms with Crippen molar-refractivity contribution in [3.63, 3.8) is 0 Å². The molecular weight excluding hydrogens is 226 g/mol. The van der Waals surface area contributed by atoms with E-state index in [0.29, 0.717) is 6.04 Å². The first-order chi connectivity index (χ1) is 8.40. The number of thiophene rings is 1. The monoisotopic (exact) mass is 243 g/mol. The molecule has 88 valence electrons. The molecule has 3 rings (SSSR count). The summed E-state index contributed by atoms with van der Waals surface area (Å²) in [5.74, 6) is 0. The molecule has 0 saturated heterocycles. The lowest BCUT2D eigenvalue weighted by Crippen LogP contribution is -2.18. The van der Waals surface area contributed by atoms with Gasteiger partial charge in [-0.15, -0.1) is 0 Å². The van der Waals surface area contributed by atoms with Gasteiger partial charge in [0.05, 0.1) is 0 Å². The second-order valence-electron chi connectivity index (χ2n) is 4.53. The highest BCUT2D eigenvalue weighted by Gasteiger charge is 2.23. The van der Waals surface area contributed by atoms with Gasteiger partial charge in [0.15, 0.2) is 0 Å². The summed E-state index contributed by atoms with van der Waals surface area (Å²) in [5, 5.41) is 7.98. The summed E-state index contributed by atoms with van der Waals surface area (Å²) in [6, 6.07) is 9.52. The lowest BCUT2D eigenvalue weighted by atomic mass is 9.98. The quantitative estimate of drug-likeness (QED) is 0.858. The van der Waals surface area contributed by atoms with Crippen molar-refractivity contribution in [1.82, 2.24) is 5.32 Å². The van der Waals surface area contributed by atoms with Crippen LogP contribution in [0.3, 0.4) is 0 Å². The average molecular weight is 243 g/mol. The zero-order valence-electron chi connectivity index (χ0n) is 10.1. The van der Waals surface area contributed by atoms with Crippen LogP contribution in [0, 0.1) is 0 Å². The maximum atomic E-state index is 3.58. The van der Waals surface area contributed by atoms with E-state index in [-0.39, 0.29) is 0 Å². The van der Waals surface area contributed by atoms with Crippen molar-refractivity contribution in [1.29, 1.82) is 0 Å². The standard InChI is InChI=1S/C15H17NS/c1-2-16-15-7-6-13-12(4-3-5-14(13)15)11-8-9-17-10-11/h3-5,8-10,15-16H,2,6-7H2,1H3. The molecule has 2 aromatic rings. The first kappa shape index (κ1) is 11.0. The van der Waals surface area contributed by atoms with Crippen molar-refractivity contribution in [3.8, 4) is 11.1 Å². The summed E-state index contributed by atoms with van der Waals surface area (Å²) in [7, 11) is 0. The Morgan fingerprint density at radius 3 is 3.06 bits per heavy atom. The fraction of sp³-hybridized carbons (Fsp3) is 0.333. The minimum Gasteiger partial charge on any atom is -0.310 e. The third-order valence-corrected chi connectivity index (χ3v) is 4.24. The number of hydrogen-bond donors (Lipinski definition) is 1. The van der Waals surface area contributed by atoms with Crippen LogP contribution in [0.5, 0.6) is 0 Å². The molecule has 17 heavy (non-hydrogen) atoms. The average Bonchev–Trinajstić information content (AvgIpc) is 2.98. The predicted molar refractivity (Wildman–Crippen MR) is 74.5 cm³/mol. The molecule has 1 aliphatic carbocycles. The maximum Gasteiger partial charge on any atom is 0.0326 e. The molecule has 0 radical (unpaired) electrons. The molecule has 1 aromatic heterocycles. The zero-order chi connectivity index (χ0) is 11.7. The minimum atomic E-state index is 0.564. The lowest BCUT2D eigenvalue weighted by Gasteiger charge is -2.13. The van der Waals surface area contributed by atoms with Crippen molar-refractivity contribution in [2.75, 3.05) is 6.54 Å². The Balaban J connectivity index is 2.04. The number of hydrogen-bond acceptors (Lipinski definition) is 2. The third-order valence-electron chi connectivity index (χ3n) is 3.55. The van der Waals surface area contributed by atoms with Gasteiger partial charge in [0.25, 0.3) is 0 Å². The maximum absolute atomic E-state index is 3.58. The van der Waals surface area contributed by atoms with Crippen molar-refractivity contribution < 1.29 is 0 Å². The van der Waals surface area contributed by atoms with Crippen molar-refractivity contribution in [2.24, 2.45) is 0 Å². The van der Waals surface area contributed by atoms with Crippen LogP contribution in [0.15, 0.2) is 35.0 Å². The van der Waals surface area contributed by atoms with Crippen LogP contribution in [0.1, 0.15) is 30.5 Å². The van der Waals surface area contributed by atoms with Gasteiger partial charge in [0.1, 0.15) is 0 Å². The molecule has 0 amide bonds. The Hall–Kier alpha value is -1.12. The fourth-order valence-corrected chi connectivity index (χ4v) is 3.46. The van der Waals surface area contributed by atoms with E-state index in [9.17, 15) is 0 Å². The summed E-state index contributed by atoms with van der Waals surface area (Å²) < 4.78 is 0. The van der Waals surface area contributed by atoms with Crippen LogP contribution in [-0.2, 0) is 6.42 Å². The molecule has 1 N–H and O–H groups in total. The molecule has 0 spiro atoms.